The summed E-state index contributed by atoms with van der Waals surface area (Å²) in [7, 11) is 0. The third-order valence-corrected chi connectivity index (χ3v) is 4.07. The molecule has 2 aromatic carbocycles. The maximum atomic E-state index is 9.37. The first-order valence-corrected chi connectivity index (χ1v) is 8.37. The number of rotatable bonds is 5. The number of ether oxygens (including phenoxy) is 1. The Hall–Kier alpha value is -3.59. The quantitative estimate of drug-likeness (QED) is 0.574. The van der Waals surface area contributed by atoms with Gasteiger partial charge in [0.05, 0.1) is 12.2 Å². The molecule has 0 bridgehead atoms. The average Bonchev–Trinajstić information content (AvgIpc) is 3.35. The molecule has 6 nitrogen and oxygen atoms in total. The van der Waals surface area contributed by atoms with Crippen LogP contribution in [0.2, 0.25) is 0 Å². The summed E-state index contributed by atoms with van der Waals surface area (Å²) >= 11 is 0. The molecule has 6 heteroatoms. The summed E-state index contributed by atoms with van der Waals surface area (Å²) in [6.45, 7) is 2.59. The van der Waals surface area contributed by atoms with E-state index in [1.807, 2.05) is 43.5 Å². The highest BCUT2D eigenvalue weighted by Gasteiger charge is 2.15. The number of nitriles is 1. The monoisotopic (exact) mass is 344 g/mol. The third-order valence-electron chi connectivity index (χ3n) is 4.07. The largest absolute Gasteiger partial charge is 0.492 e. The van der Waals surface area contributed by atoms with Crippen LogP contribution in [0.15, 0.2) is 53.2 Å². The Balaban J connectivity index is 1.70. The van der Waals surface area contributed by atoms with Crippen LogP contribution in [0.25, 0.3) is 33.7 Å². The summed E-state index contributed by atoms with van der Waals surface area (Å²) in [4.78, 5) is 7.68. The van der Waals surface area contributed by atoms with Gasteiger partial charge in [-0.1, -0.05) is 24.2 Å². The summed E-state index contributed by atoms with van der Waals surface area (Å²) in [5.74, 6) is 1.44. The predicted molar refractivity (Wildman–Crippen MR) is 97.5 cm³/mol. The van der Waals surface area contributed by atoms with Gasteiger partial charge in [-0.25, -0.2) is 0 Å². The van der Waals surface area contributed by atoms with Gasteiger partial charge in [0, 0.05) is 28.2 Å². The Morgan fingerprint density at radius 1 is 1.23 bits per heavy atom. The smallest absolute Gasteiger partial charge is 0.258 e. The van der Waals surface area contributed by atoms with Crippen molar-refractivity contribution in [1.82, 2.24) is 15.1 Å². The van der Waals surface area contributed by atoms with Gasteiger partial charge in [-0.15, -0.1) is 0 Å². The topological polar surface area (TPSA) is 87.7 Å². The standard InChI is InChI=1S/C20H16N4O2/c1-2-10-25-18-7-6-13(11-14(18)12-21)20-23-19(24-26-20)16-4-3-5-17-15(16)8-9-22-17/h3-9,11,22H,2,10H2,1H3. The molecule has 2 aromatic heterocycles. The number of nitrogens with zero attached hydrogens (tertiary/aromatic N) is 3. The molecule has 0 amide bonds. The van der Waals surface area contributed by atoms with Crippen LogP contribution in [-0.4, -0.2) is 21.7 Å². The van der Waals surface area contributed by atoms with Gasteiger partial charge >= 0.3 is 0 Å². The van der Waals surface area contributed by atoms with Gasteiger partial charge in [-0.2, -0.15) is 10.2 Å². The second kappa shape index (κ2) is 6.73. The van der Waals surface area contributed by atoms with Crippen LogP contribution < -0.4 is 4.74 Å². The van der Waals surface area contributed by atoms with Gasteiger partial charge in [0.1, 0.15) is 11.8 Å². The molecule has 2 heterocycles. The molecule has 0 aliphatic rings. The molecular formula is C20H16N4O2. The van der Waals surface area contributed by atoms with E-state index in [4.69, 9.17) is 9.26 Å². The normalized spacial score (nSPS) is 10.8. The zero-order valence-electron chi connectivity index (χ0n) is 14.2. The third kappa shape index (κ3) is 2.80. The lowest BCUT2D eigenvalue weighted by Crippen LogP contribution is -1.97. The minimum atomic E-state index is 0.367. The van der Waals surface area contributed by atoms with Gasteiger partial charge in [0.15, 0.2) is 0 Å². The minimum absolute atomic E-state index is 0.367. The Kier molecular flexibility index (Phi) is 4.12. The van der Waals surface area contributed by atoms with E-state index in [2.05, 4.69) is 21.2 Å². The van der Waals surface area contributed by atoms with Crippen LogP contribution in [0.4, 0.5) is 0 Å². The highest BCUT2D eigenvalue weighted by Crippen LogP contribution is 2.30. The van der Waals surface area contributed by atoms with E-state index in [-0.39, 0.29) is 0 Å². The van der Waals surface area contributed by atoms with Crippen LogP contribution >= 0.6 is 0 Å². The molecule has 0 saturated carbocycles. The Morgan fingerprint density at radius 2 is 2.15 bits per heavy atom. The zero-order valence-corrected chi connectivity index (χ0v) is 14.2. The molecule has 4 rings (SSSR count). The maximum absolute atomic E-state index is 9.37. The van der Waals surface area contributed by atoms with Crippen molar-refractivity contribution in [3.05, 3.63) is 54.2 Å². The second-order valence-corrected chi connectivity index (χ2v) is 5.84. The average molecular weight is 344 g/mol. The van der Waals surface area contributed by atoms with Crippen LogP contribution in [-0.2, 0) is 0 Å². The molecule has 0 atom stereocenters. The maximum Gasteiger partial charge on any atom is 0.258 e. The molecule has 0 radical (unpaired) electrons. The van der Waals surface area contributed by atoms with Crippen molar-refractivity contribution in [2.75, 3.05) is 6.61 Å². The molecule has 0 aliphatic carbocycles. The van der Waals surface area contributed by atoms with Gasteiger partial charge in [-0.05, 0) is 36.8 Å². The molecule has 4 aromatic rings. The number of hydrogen-bond donors (Lipinski definition) is 1. The number of nitrogens with one attached hydrogen (secondary N) is 1. The Labute approximate surface area is 150 Å². The molecule has 128 valence electrons. The van der Waals surface area contributed by atoms with Crippen LogP contribution in [0.5, 0.6) is 5.75 Å². The molecular weight excluding hydrogens is 328 g/mol. The van der Waals surface area contributed by atoms with E-state index in [0.29, 0.717) is 35.2 Å². The number of H-pyrrole nitrogens is 1. The van der Waals surface area contributed by atoms with Crippen molar-refractivity contribution >= 4 is 10.9 Å². The van der Waals surface area contributed by atoms with Gasteiger partial charge < -0.3 is 14.2 Å². The van der Waals surface area contributed by atoms with Gasteiger partial charge in [-0.3, -0.25) is 0 Å². The molecule has 0 spiro atoms. The Morgan fingerprint density at radius 3 is 3.00 bits per heavy atom. The summed E-state index contributed by atoms with van der Waals surface area (Å²) < 4.78 is 11.0. The van der Waals surface area contributed by atoms with E-state index in [1.165, 1.54) is 0 Å². The predicted octanol–water partition coefficient (Wildman–Crippen LogP) is 4.55. The number of aromatic amines is 1. The number of hydrogen-bond acceptors (Lipinski definition) is 5. The van der Waals surface area contributed by atoms with Gasteiger partial charge in [0.2, 0.25) is 5.82 Å². The molecule has 0 aliphatic heterocycles. The lowest BCUT2D eigenvalue weighted by atomic mass is 10.1. The van der Waals surface area contributed by atoms with Gasteiger partial charge in [0.25, 0.3) is 5.89 Å². The zero-order chi connectivity index (χ0) is 17.9. The summed E-state index contributed by atoms with van der Waals surface area (Å²) in [5, 5.41) is 14.5. The molecule has 1 N–H and O–H groups in total. The first-order chi connectivity index (χ1) is 12.8. The van der Waals surface area contributed by atoms with Crippen LogP contribution in [0, 0.1) is 11.3 Å². The summed E-state index contributed by atoms with van der Waals surface area (Å²) in [6, 6.07) is 15.3. The van der Waals surface area contributed by atoms with Crippen molar-refractivity contribution in [1.29, 1.82) is 5.26 Å². The summed E-state index contributed by atoms with van der Waals surface area (Å²) in [6.07, 6.45) is 2.76. The van der Waals surface area contributed by atoms with Crippen LogP contribution in [0.3, 0.4) is 0 Å². The minimum Gasteiger partial charge on any atom is -0.492 e. The molecule has 0 saturated heterocycles. The van der Waals surface area contributed by atoms with Crippen molar-refractivity contribution in [3.8, 4) is 34.7 Å². The fourth-order valence-corrected chi connectivity index (χ4v) is 2.82. The molecule has 26 heavy (non-hydrogen) atoms. The van der Waals surface area contributed by atoms with Crippen LogP contribution in [0.1, 0.15) is 18.9 Å². The highest BCUT2D eigenvalue weighted by atomic mass is 16.5. The number of fused-ring (bicyclic) bond motifs is 1. The van der Waals surface area contributed by atoms with E-state index >= 15 is 0 Å². The number of benzene rings is 2. The van der Waals surface area contributed by atoms with Crippen molar-refractivity contribution in [3.63, 3.8) is 0 Å². The molecule has 0 unspecified atom stereocenters. The Bertz CT molecular complexity index is 1100. The first-order valence-electron chi connectivity index (χ1n) is 8.37. The van der Waals surface area contributed by atoms with Crippen molar-refractivity contribution in [2.24, 2.45) is 0 Å². The van der Waals surface area contributed by atoms with Crippen molar-refractivity contribution in [2.45, 2.75) is 13.3 Å². The fourth-order valence-electron chi connectivity index (χ4n) is 2.82. The van der Waals surface area contributed by atoms with Crippen molar-refractivity contribution < 1.29 is 9.26 Å². The SMILES string of the molecule is CCCOc1ccc(-c2nc(-c3cccc4[nH]ccc34)no2)cc1C#N. The van der Waals surface area contributed by atoms with E-state index in [0.717, 1.165) is 22.9 Å². The second-order valence-electron chi connectivity index (χ2n) is 5.84. The lowest BCUT2D eigenvalue weighted by Gasteiger charge is -2.06. The fraction of sp³-hybridized carbons (Fsp3) is 0.150. The number of aromatic nitrogens is 3. The van der Waals surface area contributed by atoms with E-state index in [9.17, 15) is 5.26 Å². The van der Waals surface area contributed by atoms with E-state index < -0.39 is 0 Å². The van der Waals surface area contributed by atoms with E-state index in [1.54, 1.807) is 12.1 Å². The first kappa shape index (κ1) is 15.9. The molecule has 0 fully saturated rings. The summed E-state index contributed by atoms with van der Waals surface area (Å²) in [5.41, 5.74) is 3.04. The lowest BCUT2D eigenvalue weighted by molar-refractivity contribution is 0.316. The highest BCUT2D eigenvalue weighted by molar-refractivity contribution is 5.93.